The molecule has 1 aromatic rings. The zero-order valence-corrected chi connectivity index (χ0v) is 10.5. The van der Waals surface area contributed by atoms with Crippen molar-refractivity contribution in [1.82, 2.24) is 0 Å². The molecule has 2 aliphatic rings. The van der Waals surface area contributed by atoms with Crippen molar-refractivity contribution < 1.29 is 0 Å². The lowest BCUT2D eigenvalue weighted by molar-refractivity contribution is 0.381. The summed E-state index contributed by atoms with van der Waals surface area (Å²) in [5, 5.41) is 8.96. The van der Waals surface area contributed by atoms with E-state index < -0.39 is 0 Å². The van der Waals surface area contributed by atoms with Gasteiger partial charge in [0, 0.05) is 18.8 Å². The molecule has 1 fully saturated rings. The highest BCUT2D eigenvalue weighted by Gasteiger charge is 2.40. The number of hydrogen-bond acceptors (Lipinski definition) is 2. The minimum absolute atomic E-state index is 0.703. The zero-order valence-electron chi connectivity index (χ0n) is 10.5. The molecule has 1 aliphatic heterocycles. The molecule has 2 heteroatoms. The molecule has 0 unspecified atom stereocenters. The molecule has 88 valence electrons. The molecule has 1 aromatic carbocycles. The van der Waals surface area contributed by atoms with Crippen molar-refractivity contribution in [3.63, 3.8) is 0 Å². The molecule has 17 heavy (non-hydrogen) atoms. The van der Waals surface area contributed by atoms with Gasteiger partial charge >= 0.3 is 0 Å². The molecular weight excluding hydrogens is 208 g/mol. The predicted molar refractivity (Wildman–Crippen MR) is 68.9 cm³/mol. The van der Waals surface area contributed by atoms with Gasteiger partial charge in [0.1, 0.15) is 0 Å². The molecule has 2 nitrogen and oxygen atoms in total. The Morgan fingerprint density at radius 2 is 2.12 bits per heavy atom. The van der Waals surface area contributed by atoms with Gasteiger partial charge in [-0.25, -0.2) is 0 Å². The summed E-state index contributed by atoms with van der Waals surface area (Å²) in [5.41, 5.74) is 3.46. The normalized spacial score (nSPS) is 27.5. The van der Waals surface area contributed by atoms with Gasteiger partial charge in [-0.15, -0.1) is 0 Å². The summed E-state index contributed by atoms with van der Waals surface area (Å²) < 4.78 is 0. The zero-order chi connectivity index (χ0) is 12.0. The maximum Gasteiger partial charge on any atom is 0.0991 e. The van der Waals surface area contributed by atoms with Crippen LogP contribution in [0.15, 0.2) is 18.2 Å². The third kappa shape index (κ3) is 1.70. The smallest absolute Gasteiger partial charge is 0.0991 e. The first-order chi connectivity index (χ1) is 8.20. The van der Waals surface area contributed by atoms with Crippen LogP contribution in [0.25, 0.3) is 0 Å². The van der Waals surface area contributed by atoms with Crippen molar-refractivity contribution in [1.29, 1.82) is 5.26 Å². The first-order valence-electron chi connectivity index (χ1n) is 6.46. The van der Waals surface area contributed by atoms with E-state index in [9.17, 15) is 0 Å². The Hall–Kier alpha value is -1.49. The Labute approximate surface area is 103 Å². The van der Waals surface area contributed by atoms with E-state index in [0.717, 1.165) is 17.9 Å². The molecule has 0 spiro atoms. The summed E-state index contributed by atoms with van der Waals surface area (Å²) in [6.07, 6.45) is 3.91. The van der Waals surface area contributed by atoms with Crippen LogP contribution < -0.4 is 4.90 Å². The number of nitrogens with zero attached hydrogens (tertiary/aromatic N) is 2. The second kappa shape index (κ2) is 3.77. The maximum atomic E-state index is 8.96. The van der Waals surface area contributed by atoms with E-state index in [1.165, 1.54) is 24.1 Å². The Balaban J connectivity index is 1.99. The van der Waals surface area contributed by atoms with Crippen LogP contribution >= 0.6 is 0 Å². The van der Waals surface area contributed by atoms with Crippen LogP contribution in [0.2, 0.25) is 0 Å². The van der Waals surface area contributed by atoms with Crippen LogP contribution in [0.1, 0.15) is 30.9 Å². The van der Waals surface area contributed by atoms with Crippen molar-refractivity contribution in [2.24, 2.45) is 11.8 Å². The number of benzene rings is 1. The maximum absolute atomic E-state index is 8.96. The fourth-order valence-corrected chi connectivity index (χ4v) is 3.39. The minimum Gasteiger partial charge on any atom is -0.371 e. The van der Waals surface area contributed by atoms with E-state index in [1.807, 2.05) is 6.07 Å². The number of anilines is 1. The van der Waals surface area contributed by atoms with E-state index in [2.05, 4.69) is 37.1 Å². The van der Waals surface area contributed by atoms with Gasteiger partial charge < -0.3 is 4.90 Å². The molecular formula is C15H18N2. The fourth-order valence-electron chi connectivity index (χ4n) is 3.39. The molecule has 1 aliphatic carbocycles. The van der Waals surface area contributed by atoms with Gasteiger partial charge in [0.25, 0.3) is 0 Å². The molecule has 0 bridgehead atoms. The van der Waals surface area contributed by atoms with Crippen molar-refractivity contribution in [3.8, 4) is 6.07 Å². The van der Waals surface area contributed by atoms with Crippen LogP contribution in [0, 0.1) is 23.2 Å². The predicted octanol–water partition coefficient (Wildman–Crippen LogP) is 2.97. The molecule has 0 radical (unpaired) electrons. The molecule has 3 rings (SSSR count). The van der Waals surface area contributed by atoms with E-state index in [-0.39, 0.29) is 0 Å². The lowest BCUT2D eigenvalue weighted by atomic mass is 9.84. The number of nitriles is 1. The fraction of sp³-hybridized carbons (Fsp3) is 0.533. The van der Waals surface area contributed by atoms with Gasteiger partial charge in [-0.05, 0) is 54.9 Å². The van der Waals surface area contributed by atoms with Gasteiger partial charge in [-0.1, -0.05) is 6.92 Å². The lowest BCUT2D eigenvalue weighted by Crippen LogP contribution is -2.43. The van der Waals surface area contributed by atoms with E-state index in [0.29, 0.717) is 12.0 Å². The minimum atomic E-state index is 0.703. The average molecular weight is 226 g/mol. The van der Waals surface area contributed by atoms with Crippen molar-refractivity contribution >= 4 is 5.69 Å². The molecule has 1 heterocycles. The van der Waals surface area contributed by atoms with Crippen LogP contribution in [-0.2, 0) is 6.42 Å². The first kappa shape index (κ1) is 10.7. The summed E-state index contributed by atoms with van der Waals surface area (Å²) in [5.74, 6) is 1.60. The lowest BCUT2D eigenvalue weighted by Gasteiger charge is -2.40. The third-order valence-corrected chi connectivity index (χ3v) is 4.27. The Morgan fingerprint density at radius 3 is 2.76 bits per heavy atom. The Kier molecular flexibility index (Phi) is 2.36. The van der Waals surface area contributed by atoms with Crippen LogP contribution in [-0.4, -0.2) is 13.1 Å². The first-order valence-corrected chi connectivity index (χ1v) is 6.46. The van der Waals surface area contributed by atoms with Gasteiger partial charge in [-0.3, -0.25) is 0 Å². The monoisotopic (exact) mass is 226 g/mol. The standard InChI is InChI=1S/C15H18N2/c1-10-7-13-8-11(9-16)3-6-14(13)17(2)15(10)12-4-5-12/h3,6,8,10,12,15H,4-5,7H2,1-2H3/t10-,15-/m1/s1. The molecule has 0 saturated heterocycles. The Bertz CT molecular complexity index is 482. The second-order valence-corrected chi connectivity index (χ2v) is 5.58. The summed E-state index contributed by atoms with van der Waals surface area (Å²) in [6.45, 7) is 2.35. The van der Waals surface area contributed by atoms with E-state index >= 15 is 0 Å². The van der Waals surface area contributed by atoms with Crippen LogP contribution in [0.3, 0.4) is 0 Å². The summed E-state index contributed by atoms with van der Waals surface area (Å²) in [6, 6.07) is 9.06. The van der Waals surface area contributed by atoms with Gasteiger partial charge in [0.15, 0.2) is 0 Å². The quantitative estimate of drug-likeness (QED) is 0.736. The number of rotatable bonds is 1. The molecule has 1 saturated carbocycles. The molecule has 0 amide bonds. The Morgan fingerprint density at radius 1 is 1.35 bits per heavy atom. The second-order valence-electron chi connectivity index (χ2n) is 5.58. The van der Waals surface area contributed by atoms with E-state index in [4.69, 9.17) is 5.26 Å². The molecule has 0 N–H and O–H groups in total. The number of fused-ring (bicyclic) bond motifs is 1. The highest BCUT2D eigenvalue weighted by Crippen LogP contribution is 2.44. The summed E-state index contributed by atoms with van der Waals surface area (Å²) in [4.78, 5) is 2.45. The van der Waals surface area contributed by atoms with Gasteiger partial charge in [0.05, 0.1) is 11.6 Å². The topological polar surface area (TPSA) is 27.0 Å². The third-order valence-electron chi connectivity index (χ3n) is 4.27. The summed E-state index contributed by atoms with van der Waals surface area (Å²) >= 11 is 0. The van der Waals surface area contributed by atoms with Gasteiger partial charge in [0.2, 0.25) is 0 Å². The SMILES string of the molecule is C[C@@H]1Cc2cc(C#N)ccc2N(C)[C@H]1C1CC1. The van der Waals surface area contributed by atoms with Crippen LogP contribution in [0.4, 0.5) is 5.69 Å². The van der Waals surface area contributed by atoms with Crippen LogP contribution in [0.5, 0.6) is 0 Å². The van der Waals surface area contributed by atoms with Gasteiger partial charge in [-0.2, -0.15) is 5.26 Å². The van der Waals surface area contributed by atoms with Crippen molar-refractivity contribution in [2.75, 3.05) is 11.9 Å². The highest BCUT2D eigenvalue weighted by atomic mass is 15.2. The number of hydrogen-bond donors (Lipinski definition) is 0. The van der Waals surface area contributed by atoms with Crippen molar-refractivity contribution in [2.45, 2.75) is 32.2 Å². The molecule has 2 atom stereocenters. The molecule has 0 aromatic heterocycles. The van der Waals surface area contributed by atoms with E-state index in [1.54, 1.807) is 0 Å². The summed E-state index contributed by atoms with van der Waals surface area (Å²) in [7, 11) is 2.21. The highest BCUT2D eigenvalue weighted by molar-refractivity contribution is 5.59. The largest absolute Gasteiger partial charge is 0.371 e. The average Bonchev–Trinajstić information content (AvgIpc) is 3.12. The van der Waals surface area contributed by atoms with Crippen molar-refractivity contribution in [3.05, 3.63) is 29.3 Å².